The van der Waals surface area contributed by atoms with E-state index in [1.165, 1.54) is 0 Å². The SMILES string of the molecule is C=CCOc1ccc(C(=O)Oc2ccc(-c3ccc(OC(=O)CCCCCC)cc3)cc2)cc1. The Morgan fingerprint density at radius 2 is 1.29 bits per heavy atom. The zero-order valence-corrected chi connectivity index (χ0v) is 19.5. The Balaban J connectivity index is 1.53. The van der Waals surface area contributed by atoms with Gasteiger partial charge >= 0.3 is 11.9 Å². The van der Waals surface area contributed by atoms with Crippen LogP contribution in [0.25, 0.3) is 11.1 Å². The van der Waals surface area contributed by atoms with Crippen molar-refractivity contribution in [2.75, 3.05) is 6.61 Å². The first-order valence-electron chi connectivity index (χ1n) is 11.6. The second-order valence-electron chi connectivity index (χ2n) is 7.85. The lowest BCUT2D eigenvalue weighted by atomic mass is 10.1. The second kappa shape index (κ2) is 13.0. The van der Waals surface area contributed by atoms with Crippen molar-refractivity contribution < 1.29 is 23.8 Å². The van der Waals surface area contributed by atoms with Gasteiger partial charge in [-0.25, -0.2) is 4.79 Å². The van der Waals surface area contributed by atoms with E-state index in [1.807, 2.05) is 24.3 Å². The highest BCUT2D eigenvalue weighted by molar-refractivity contribution is 5.91. The Bertz CT molecular complexity index is 1070. The van der Waals surface area contributed by atoms with Gasteiger partial charge in [0.05, 0.1) is 5.56 Å². The summed E-state index contributed by atoms with van der Waals surface area (Å²) in [6.07, 6.45) is 6.28. The van der Waals surface area contributed by atoms with Crippen LogP contribution >= 0.6 is 0 Å². The average Bonchev–Trinajstić information content (AvgIpc) is 2.86. The highest BCUT2D eigenvalue weighted by Gasteiger charge is 2.10. The van der Waals surface area contributed by atoms with Gasteiger partial charge in [-0.2, -0.15) is 0 Å². The summed E-state index contributed by atoms with van der Waals surface area (Å²) in [5, 5.41) is 0. The van der Waals surface area contributed by atoms with Gasteiger partial charge in [-0.05, 0) is 66.1 Å². The standard InChI is InChI=1S/C29H30O5/c1-3-5-6-7-8-28(30)33-26-17-9-22(10-18-26)23-11-19-27(20-12-23)34-29(31)24-13-15-25(16-14-24)32-21-4-2/h4,9-20H,2-3,5-8,21H2,1H3. The number of esters is 2. The molecule has 0 bridgehead atoms. The number of ether oxygens (including phenoxy) is 3. The van der Waals surface area contributed by atoms with E-state index >= 15 is 0 Å². The lowest BCUT2D eigenvalue weighted by Crippen LogP contribution is -2.08. The number of hydrogen-bond acceptors (Lipinski definition) is 5. The van der Waals surface area contributed by atoms with Crippen LogP contribution in [-0.4, -0.2) is 18.5 Å². The third kappa shape index (κ3) is 7.62. The molecule has 0 N–H and O–H groups in total. The monoisotopic (exact) mass is 458 g/mol. The van der Waals surface area contributed by atoms with Gasteiger partial charge in [-0.1, -0.05) is 63.1 Å². The molecule has 5 heteroatoms. The molecule has 0 saturated heterocycles. The van der Waals surface area contributed by atoms with Crippen LogP contribution in [0.4, 0.5) is 0 Å². The van der Waals surface area contributed by atoms with Gasteiger partial charge in [0.25, 0.3) is 0 Å². The predicted molar refractivity (Wildman–Crippen MR) is 133 cm³/mol. The molecule has 3 rings (SSSR count). The molecule has 0 fully saturated rings. The van der Waals surface area contributed by atoms with E-state index in [1.54, 1.807) is 54.6 Å². The molecule has 0 amide bonds. The van der Waals surface area contributed by atoms with Gasteiger partial charge in [0.2, 0.25) is 0 Å². The van der Waals surface area contributed by atoms with Crippen molar-refractivity contribution in [3.05, 3.63) is 91.0 Å². The van der Waals surface area contributed by atoms with Crippen molar-refractivity contribution in [2.45, 2.75) is 39.0 Å². The van der Waals surface area contributed by atoms with Crippen molar-refractivity contribution in [3.8, 4) is 28.4 Å². The number of unbranched alkanes of at least 4 members (excludes halogenated alkanes) is 3. The van der Waals surface area contributed by atoms with Crippen LogP contribution in [0.2, 0.25) is 0 Å². The zero-order chi connectivity index (χ0) is 24.2. The molecule has 0 heterocycles. The van der Waals surface area contributed by atoms with E-state index in [4.69, 9.17) is 14.2 Å². The number of hydrogen-bond donors (Lipinski definition) is 0. The molecule has 0 radical (unpaired) electrons. The van der Waals surface area contributed by atoms with Crippen LogP contribution in [0.5, 0.6) is 17.2 Å². The van der Waals surface area contributed by atoms with Crippen LogP contribution in [0.15, 0.2) is 85.5 Å². The molecular formula is C29H30O5. The molecule has 0 aliphatic heterocycles. The van der Waals surface area contributed by atoms with Crippen LogP contribution in [0.1, 0.15) is 49.4 Å². The molecule has 0 atom stereocenters. The molecule has 176 valence electrons. The molecule has 3 aromatic carbocycles. The van der Waals surface area contributed by atoms with E-state index in [2.05, 4.69) is 13.5 Å². The summed E-state index contributed by atoms with van der Waals surface area (Å²) in [6.45, 7) is 6.15. The number of carbonyl (C=O) groups is 2. The first kappa shape index (κ1) is 24.8. The number of carbonyl (C=O) groups excluding carboxylic acids is 2. The van der Waals surface area contributed by atoms with E-state index in [-0.39, 0.29) is 5.97 Å². The quantitative estimate of drug-likeness (QED) is 0.126. The minimum atomic E-state index is -0.441. The van der Waals surface area contributed by atoms with Gasteiger partial charge in [-0.3, -0.25) is 4.79 Å². The molecule has 3 aromatic rings. The Morgan fingerprint density at radius 3 is 1.85 bits per heavy atom. The summed E-state index contributed by atoms with van der Waals surface area (Å²) in [5.41, 5.74) is 2.36. The van der Waals surface area contributed by atoms with Gasteiger partial charge < -0.3 is 14.2 Å². The van der Waals surface area contributed by atoms with Gasteiger partial charge in [0, 0.05) is 6.42 Å². The molecule has 5 nitrogen and oxygen atoms in total. The van der Waals surface area contributed by atoms with Crippen LogP contribution < -0.4 is 14.2 Å². The van der Waals surface area contributed by atoms with Crippen molar-refractivity contribution in [2.24, 2.45) is 0 Å². The first-order chi connectivity index (χ1) is 16.6. The second-order valence-corrected chi connectivity index (χ2v) is 7.85. The Labute approximate surface area is 201 Å². The average molecular weight is 459 g/mol. The van der Waals surface area contributed by atoms with Crippen molar-refractivity contribution >= 4 is 11.9 Å². The highest BCUT2D eigenvalue weighted by Crippen LogP contribution is 2.25. The maximum atomic E-state index is 12.4. The fraction of sp³-hybridized carbons (Fsp3) is 0.241. The molecule has 0 aliphatic carbocycles. The fourth-order valence-electron chi connectivity index (χ4n) is 3.32. The summed E-state index contributed by atoms with van der Waals surface area (Å²) in [7, 11) is 0. The molecular weight excluding hydrogens is 428 g/mol. The lowest BCUT2D eigenvalue weighted by Gasteiger charge is -2.08. The summed E-state index contributed by atoms with van der Waals surface area (Å²) in [4.78, 5) is 24.3. The third-order valence-electron chi connectivity index (χ3n) is 5.18. The summed E-state index contributed by atoms with van der Waals surface area (Å²) < 4.78 is 16.3. The minimum Gasteiger partial charge on any atom is -0.490 e. The highest BCUT2D eigenvalue weighted by atomic mass is 16.5. The molecule has 34 heavy (non-hydrogen) atoms. The predicted octanol–water partition coefficient (Wildman–Crippen LogP) is 7.01. The summed E-state index contributed by atoms with van der Waals surface area (Å²) in [5.74, 6) is 1.01. The normalized spacial score (nSPS) is 10.4. The van der Waals surface area contributed by atoms with Gasteiger partial charge in [0.15, 0.2) is 0 Å². The zero-order valence-electron chi connectivity index (χ0n) is 19.5. The van der Waals surface area contributed by atoms with Crippen LogP contribution in [0, 0.1) is 0 Å². The van der Waals surface area contributed by atoms with Crippen molar-refractivity contribution in [1.82, 2.24) is 0 Å². The van der Waals surface area contributed by atoms with Crippen LogP contribution in [0.3, 0.4) is 0 Å². The molecule has 0 aliphatic rings. The molecule has 0 unspecified atom stereocenters. The Kier molecular flexibility index (Phi) is 9.47. The van der Waals surface area contributed by atoms with Gasteiger partial charge in [-0.15, -0.1) is 0 Å². The number of benzene rings is 3. The fourth-order valence-corrected chi connectivity index (χ4v) is 3.32. The topological polar surface area (TPSA) is 61.8 Å². The summed E-state index contributed by atoms with van der Waals surface area (Å²) in [6, 6.07) is 21.4. The lowest BCUT2D eigenvalue weighted by molar-refractivity contribution is -0.134. The maximum absolute atomic E-state index is 12.4. The first-order valence-corrected chi connectivity index (χ1v) is 11.6. The maximum Gasteiger partial charge on any atom is 0.343 e. The van der Waals surface area contributed by atoms with E-state index in [0.717, 1.165) is 36.8 Å². The Morgan fingerprint density at radius 1 is 0.735 bits per heavy atom. The van der Waals surface area contributed by atoms with E-state index in [0.29, 0.717) is 35.8 Å². The third-order valence-corrected chi connectivity index (χ3v) is 5.18. The smallest absolute Gasteiger partial charge is 0.343 e. The van der Waals surface area contributed by atoms with Crippen molar-refractivity contribution in [1.29, 1.82) is 0 Å². The van der Waals surface area contributed by atoms with E-state index < -0.39 is 5.97 Å². The molecule has 0 saturated carbocycles. The van der Waals surface area contributed by atoms with Crippen molar-refractivity contribution in [3.63, 3.8) is 0 Å². The molecule has 0 aromatic heterocycles. The number of rotatable bonds is 12. The Hall–Kier alpha value is -3.86. The molecule has 0 spiro atoms. The van der Waals surface area contributed by atoms with E-state index in [9.17, 15) is 9.59 Å². The van der Waals surface area contributed by atoms with Gasteiger partial charge in [0.1, 0.15) is 23.9 Å². The van der Waals surface area contributed by atoms with Crippen LogP contribution in [-0.2, 0) is 4.79 Å². The largest absolute Gasteiger partial charge is 0.490 e. The minimum absolute atomic E-state index is 0.200. The summed E-state index contributed by atoms with van der Waals surface area (Å²) >= 11 is 0.